The lowest BCUT2D eigenvalue weighted by Gasteiger charge is -2.01. The van der Waals surface area contributed by atoms with Gasteiger partial charge in [0.2, 0.25) is 0 Å². The zero-order valence-electron chi connectivity index (χ0n) is 4.80. The van der Waals surface area contributed by atoms with Crippen molar-refractivity contribution in [1.82, 2.24) is 0 Å². The van der Waals surface area contributed by atoms with Gasteiger partial charge < -0.3 is 9.57 Å². The Kier molecular flexibility index (Phi) is 2.27. The van der Waals surface area contributed by atoms with Crippen LogP contribution in [0.2, 0.25) is 0 Å². The zero-order valence-corrected chi connectivity index (χ0v) is 4.80. The van der Waals surface area contributed by atoms with Crippen LogP contribution >= 0.6 is 0 Å². The standard InChI is InChI=1S/C5H11NO2/c6-8-4-5-1-2-7-3-5/h5H,1-4,6H2. The van der Waals surface area contributed by atoms with Gasteiger partial charge in [0, 0.05) is 12.5 Å². The molecule has 0 bridgehead atoms. The first-order valence-electron chi connectivity index (χ1n) is 2.83. The van der Waals surface area contributed by atoms with Crippen molar-refractivity contribution < 1.29 is 9.57 Å². The molecule has 1 fully saturated rings. The highest BCUT2D eigenvalue weighted by Crippen LogP contribution is 2.10. The number of hydrogen-bond acceptors (Lipinski definition) is 3. The van der Waals surface area contributed by atoms with E-state index < -0.39 is 0 Å². The fourth-order valence-electron chi connectivity index (χ4n) is 0.851. The van der Waals surface area contributed by atoms with E-state index in [-0.39, 0.29) is 0 Å². The van der Waals surface area contributed by atoms with E-state index in [9.17, 15) is 0 Å². The Morgan fingerprint density at radius 3 is 3.12 bits per heavy atom. The third-order valence-corrected chi connectivity index (χ3v) is 1.36. The SMILES string of the molecule is NOCC1CCOC1. The van der Waals surface area contributed by atoms with Gasteiger partial charge in [-0.15, -0.1) is 0 Å². The van der Waals surface area contributed by atoms with E-state index in [0.717, 1.165) is 19.6 Å². The van der Waals surface area contributed by atoms with E-state index in [0.29, 0.717) is 12.5 Å². The first-order chi connectivity index (χ1) is 3.93. The Bertz CT molecular complexity index is 61.4. The summed E-state index contributed by atoms with van der Waals surface area (Å²) in [7, 11) is 0. The maximum atomic E-state index is 5.07. The topological polar surface area (TPSA) is 44.5 Å². The van der Waals surface area contributed by atoms with Crippen LogP contribution in [0, 0.1) is 5.92 Å². The summed E-state index contributed by atoms with van der Waals surface area (Å²) >= 11 is 0. The third-order valence-electron chi connectivity index (χ3n) is 1.36. The summed E-state index contributed by atoms with van der Waals surface area (Å²) in [6.45, 7) is 2.32. The summed E-state index contributed by atoms with van der Waals surface area (Å²) < 4.78 is 5.07. The Morgan fingerprint density at radius 2 is 2.62 bits per heavy atom. The second kappa shape index (κ2) is 3.02. The van der Waals surface area contributed by atoms with Crippen molar-refractivity contribution in [2.45, 2.75) is 6.42 Å². The molecule has 0 saturated carbocycles. The monoisotopic (exact) mass is 117 g/mol. The van der Waals surface area contributed by atoms with Gasteiger partial charge >= 0.3 is 0 Å². The highest BCUT2D eigenvalue weighted by molar-refractivity contribution is 4.61. The predicted octanol–water partition coefficient (Wildman–Crippen LogP) is -0.0868. The third kappa shape index (κ3) is 1.43. The van der Waals surface area contributed by atoms with E-state index in [1.54, 1.807) is 0 Å². The van der Waals surface area contributed by atoms with Gasteiger partial charge in [0.1, 0.15) is 0 Å². The number of rotatable bonds is 2. The van der Waals surface area contributed by atoms with Crippen LogP contribution in [0.4, 0.5) is 0 Å². The largest absolute Gasteiger partial charge is 0.381 e. The fraction of sp³-hybridized carbons (Fsp3) is 1.00. The van der Waals surface area contributed by atoms with Crippen molar-refractivity contribution in [1.29, 1.82) is 0 Å². The van der Waals surface area contributed by atoms with Gasteiger partial charge in [0.15, 0.2) is 0 Å². The van der Waals surface area contributed by atoms with Gasteiger partial charge in [-0.05, 0) is 6.42 Å². The summed E-state index contributed by atoms with van der Waals surface area (Å²) in [6.07, 6.45) is 1.09. The second-order valence-electron chi connectivity index (χ2n) is 2.06. The van der Waals surface area contributed by atoms with Crippen LogP contribution < -0.4 is 5.90 Å². The minimum atomic E-state index is 0.542. The van der Waals surface area contributed by atoms with E-state index in [2.05, 4.69) is 4.84 Å². The molecule has 3 heteroatoms. The molecular formula is C5H11NO2. The Balaban J connectivity index is 2.06. The van der Waals surface area contributed by atoms with E-state index >= 15 is 0 Å². The summed E-state index contributed by atoms with van der Waals surface area (Å²) in [4.78, 5) is 4.45. The molecule has 3 nitrogen and oxygen atoms in total. The van der Waals surface area contributed by atoms with Crippen LogP contribution in [0.1, 0.15) is 6.42 Å². The summed E-state index contributed by atoms with van der Waals surface area (Å²) in [5.74, 6) is 5.39. The lowest BCUT2D eigenvalue weighted by atomic mass is 10.1. The predicted molar refractivity (Wildman–Crippen MR) is 29.1 cm³/mol. The maximum Gasteiger partial charge on any atom is 0.0730 e. The van der Waals surface area contributed by atoms with Crippen molar-refractivity contribution in [3.05, 3.63) is 0 Å². The van der Waals surface area contributed by atoms with Gasteiger partial charge in [-0.25, -0.2) is 5.90 Å². The molecule has 0 spiro atoms. The Labute approximate surface area is 48.7 Å². The molecule has 1 atom stereocenters. The van der Waals surface area contributed by atoms with Gasteiger partial charge in [0.25, 0.3) is 0 Å². The van der Waals surface area contributed by atoms with Crippen molar-refractivity contribution >= 4 is 0 Å². The van der Waals surface area contributed by atoms with Gasteiger partial charge in [-0.3, -0.25) is 0 Å². The molecule has 1 heterocycles. The molecule has 1 unspecified atom stereocenters. The summed E-state index contributed by atoms with van der Waals surface area (Å²) in [5, 5.41) is 0. The fourth-order valence-corrected chi connectivity index (χ4v) is 0.851. The molecule has 1 aliphatic heterocycles. The van der Waals surface area contributed by atoms with Crippen molar-refractivity contribution in [3.8, 4) is 0 Å². The molecule has 8 heavy (non-hydrogen) atoms. The second-order valence-corrected chi connectivity index (χ2v) is 2.06. The van der Waals surface area contributed by atoms with Crippen molar-refractivity contribution in [2.24, 2.45) is 11.8 Å². The molecule has 0 aromatic rings. The molecule has 0 radical (unpaired) electrons. The molecule has 1 rings (SSSR count). The Hall–Kier alpha value is -0.120. The molecule has 48 valence electrons. The van der Waals surface area contributed by atoms with Gasteiger partial charge in [0.05, 0.1) is 13.2 Å². The number of nitrogens with two attached hydrogens (primary N) is 1. The minimum absolute atomic E-state index is 0.542. The normalized spacial score (nSPS) is 28.9. The summed E-state index contributed by atoms with van der Waals surface area (Å²) in [5.41, 5.74) is 0. The highest BCUT2D eigenvalue weighted by Gasteiger charge is 2.14. The van der Waals surface area contributed by atoms with E-state index in [4.69, 9.17) is 10.6 Å². The molecule has 0 aliphatic carbocycles. The van der Waals surface area contributed by atoms with Gasteiger partial charge in [-0.1, -0.05) is 0 Å². The van der Waals surface area contributed by atoms with Crippen LogP contribution in [-0.2, 0) is 9.57 Å². The van der Waals surface area contributed by atoms with E-state index in [1.807, 2.05) is 0 Å². The molecular weight excluding hydrogens is 106 g/mol. The average molecular weight is 117 g/mol. The zero-order chi connectivity index (χ0) is 5.82. The molecule has 1 aliphatic rings. The van der Waals surface area contributed by atoms with Crippen LogP contribution in [0.15, 0.2) is 0 Å². The molecule has 0 aromatic heterocycles. The Morgan fingerprint density at radius 1 is 1.75 bits per heavy atom. The lowest BCUT2D eigenvalue weighted by Crippen LogP contribution is -2.12. The smallest absolute Gasteiger partial charge is 0.0730 e. The first kappa shape index (κ1) is 6.01. The van der Waals surface area contributed by atoms with Crippen molar-refractivity contribution in [3.63, 3.8) is 0 Å². The molecule has 1 saturated heterocycles. The van der Waals surface area contributed by atoms with Crippen LogP contribution in [0.5, 0.6) is 0 Å². The van der Waals surface area contributed by atoms with Crippen LogP contribution in [0.3, 0.4) is 0 Å². The number of hydrogen-bond donors (Lipinski definition) is 1. The van der Waals surface area contributed by atoms with Crippen LogP contribution in [-0.4, -0.2) is 19.8 Å². The van der Waals surface area contributed by atoms with E-state index in [1.165, 1.54) is 0 Å². The maximum absolute atomic E-state index is 5.07. The molecule has 0 amide bonds. The first-order valence-corrected chi connectivity index (χ1v) is 2.83. The summed E-state index contributed by atoms with van der Waals surface area (Å²) in [6, 6.07) is 0. The average Bonchev–Trinajstić information content (AvgIpc) is 2.19. The lowest BCUT2D eigenvalue weighted by molar-refractivity contribution is 0.0911. The quantitative estimate of drug-likeness (QED) is 0.514. The highest BCUT2D eigenvalue weighted by atomic mass is 16.6. The molecule has 2 N–H and O–H groups in total. The number of ether oxygens (including phenoxy) is 1. The molecule has 0 aromatic carbocycles. The van der Waals surface area contributed by atoms with Crippen LogP contribution in [0.25, 0.3) is 0 Å². The van der Waals surface area contributed by atoms with Crippen molar-refractivity contribution in [2.75, 3.05) is 19.8 Å². The minimum Gasteiger partial charge on any atom is -0.381 e. The van der Waals surface area contributed by atoms with Gasteiger partial charge in [-0.2, -0.15) is 0 Å².